The number of hydrogen-bond acceptors (Lipinski definition) is 3. The third-order valence-electron chi connectivity index (χ3n) is 3.77. The first-order chi connectivity index (χ1) is 7.12. The van der Waals surface area contributed by atoms with Crippen molar-refractivity contribution in [2.45, 2.75) is 31.8 Å². The van der Waals surface area contributed by atoms with Gasteiger partial charge in [0.15, 0.2) is 0 Å². The monoisotopic (exact) mass is 212 g/mol. The van der Waals surface area contributed by atoms with Crippen LogP contribution in [0, 0.1) is 11.3 Å². The van der Waals surface area contributed by atoms with Gasteiger partial charge in [0.25, 0.3) is 0 Å². The molecule has 3 heteroatoms. The van der Waals surface area contributed by atoms with E-state index in [4.69, 9.17) is 0 Å². The lowest BCUT2D eigenvalue weighted by Gasteiger charge is -2.19. The van der Waals surface area contributed by atoms with Crippen molar-refractivity contribution in [3.63, 3.8) is 0 Å². The summed E-state index contributed by atoms with van der Waals surface area (Å²) >= 11 is 0. The molecule has 0 amide bonds. The molecule has 2 aliphatic carbocycles. The minimum absolute atomic E-state index is 0.227. The van der Waals surface area contributed by atoms with Crippen LogP contribution in [0.1, 0.15) is 25.7 Å². The number of nitrogens with zero attached hydrogens (tertiary/aromatic N) is 1. The Morgan fingerprint density at radius 3 is 2.53 bits per heavy atom. The van der Waals surface area contributed by atoms with Crippen molar-refractivity contribution in [3.8, 4) is 0 Å². The summed E-state index contributed by atoms with van der Waals surface area (Å²) < 4.78 is 0. The van der Waals surface area contributed by atoms with Crippen LogP contribution < -0.4 is 5.32 Å². The Bertz CT molecular complexity index is 210. The van der Waals surface area contributed by atoms with Gasteiger partial charge in [-0.15, -0.1) is 0 Å². The molecule has 0 aliphatic heterocycles. The van der Waals surface area contributed by atoms with Crippen LogP contribution in [0.15, 0.2) is 0 Å². The maximum absolute atomic E-state index is 9.69. The molecule has 0 bridgehead atoms. The van der Waals surface area contributed by atoms with Crippen LogP contribution in [0.2, 0.25) is 0 Å². The topological polar surface area (TPSA) is 35.5 Å². The molecule has 0 aromatic carbocycles. The van der Waals surface area contributed by atoms with Gasteiger partial charge in [-0.1, -0.05) is 0 Å². The smallest absolute Gasteiger partial charge is 0.0791 e. The molecule has 1 unspecified atom stereocenters. The lowest BCUT2D eigenvalue weighted by atomic mass is 10.0. The lowest BCUT2D eigenvalue weighted by molar-refractivity contribution is 0.132. The Hall–Kier alpha value is -0.120. The standard InChI is InChI=1S/C12H24N2O/c1-14(2)8-11(15)7-13-9-12(5-6-12)10-3-4-10/h10-11,13,15H,3-9H2,1-2H3. The lowest BCUT2D eigenvalue weighted by Crippen LogP contribution is -2.37. The van der Waals surface area contributed by atoms with Crippen LogP contribution >= 0.6 is 0 Å². The van der Waals surface area contributed by atoms with E-state index in [1.165, 1.54) is 25.7 Å². The van der Waals surface area contributed by atoms with Crippen molar-refractivity contribution < 1.29 is 5.11 Å². The molecule has 0 heterocycles. The number of likely N-dealkylation sites (N-methyl/N-ethyl adjacent to an activating group) is 1. The summed E-state index contributed by atoms with van der Waals surface area (Å²) in [5, 5.41) is 13.1. The molecule has 3 nitrogen and oxygen atoms in total. The van der Waals surface area contributed by atoms with Crippen molar-refractivity contribution in [2.24, 2.45) is 11.3 Å². The largest absolute Gasteiger partial charge is 0.390 e. The van der Waals surface area contributed by atoms with Gasteiger partial charge in [-0.2, -0.15) is 0 Å². The first kappa shape index (κ1) is 11.4. The van der Waals surface area contributed by atoms with Crippen LogP contribution in [0.3, 0.4) is 0 Å². The molecule has 0 saturated heterocycles. The molecule has 2 aliphatic rings. The van der Waals surface area contributed by atoms with Crippen molar-refractivity contribution in [1.29, 1.82) is 0 Å². The van der Waals surface area contributed by atoms with E-state index in [1.807, 2.05) is 19.0 Å². The Morgan fingerprint density at radius 1 is 1.40 bits per heavy atom. The van der Waals surface area contributed by atoms with E-state index in [-0.39, 0.29) is 6.10 Å². The van der Waals surface area contributed by atoms with Crippen LogP contribution in [0.5, 0.6) is 0 Å². The average Bonchev–Trinajstić information content (AvgIpc) is 2.98. The number of rotatable bonds is 7. The molecule has 2 rings (SSSR count). The second-order valence-corrected chi connectivity index (χ2v) is 5.68. The Morgan fingerprint density at radius 2 is 2.07 bits per heavy atom. The predicted octanol–water partition coefficient (Wildman–Crippen LogP) is 0.689. The quantitative estimate of drug-likeness (QED) is 0.652. The van der Waals surface area contributed by atoms with E-state index < -0.39 is 0 Å². The van der Waals surface area contributed by atoms with Crippen molar-refractivity contribution in [1.82, 2.24) is 10.2 Å². The van der Waals surface area contributed by atoms with E-state index in [2.05, 4.69) is 5.32 Å². The van der Waals surface area contributed by atoms with E-state index in [0.717, 1.165) is 25.6 Å². The second kappa shape index (κ2) is 4.40. The Balaban J connectivity index is 1.58. The van der Waals surface area contributed by atoms with Gasteiger partial charge in [-0.25, -0.2) is 0 Å². The molecular weight excluding hydrogens is 188 g/mol. The fourth-order valence-corrected chi connectivity index (χ4v) is 2.56. The molecule has 15 heavy (non-hydrogen) atoms. The molecule has 2 saturated carbocycles. The van der Waals surface area contributed by atoms with E-state index in [9.17, 15) is 5.11 Å². The highest BCUT2D eigenvalue weighted by Crippen LogP contribution is 2.60. The zero-order valence-electron chi connectivity index (χ0n) is 10.00. The molecule has 2 N–H and O–H groups in total. The minimum atomic E-state index is -0.227. The van der Waals surface area contributed by atoms with E-state index in [0.29, 0.717) is 5.41 Å². The molecule has 1 atom stereocenters. The van der Waals surface area contributed by atoms with Gasteiger partial charge in [0.05, 0.1) is 6.10 Å². The summed E-state index contributed by atoms with van der Waals surface area (Å²) in [6, 6.07) is 0. The van der Waals surface area contributed by atoms with Crippen molar-refractivity contribution >= 4 is 0 Å². The minimum Gasteiger partial charge on any atom is -0.390 e. The maximum atomic E-state index is 9.69. The molecule has 0 spiro atoms. The fraction of sp³-hybridized carbons (Fsp3) is 1.00. The molecule has 0 aromatic heterocycles. The van der Waals surface area contributed by atoms with Gasteiger partial charge in [-0.05, 0) is 51.1 Å². The van der Waals surface area contributed by atoms with E-state index >= 15 is 0 Å². The van der Waals surface area contributed by atoms with Crippen molar-refractivity contribution in [3.05, 3.63) is 0 Å². The van der Waals surface area contributed by atoms with Gasteiger partial charge >= 0.3 is 0 Å². The SMILES string of the molecule is CN(C)CC(O)CNCC1(C2CC2)CC1. The highest BCUT2D eigenvalue weighted by molar-refractivity contribution is 5.05. The fourth-order valence-electron chi connectivity index (χ4n) is 2.56. The summed E-state index contributed by atoms with van der Waals surface area (Å²) in [5.41, 5.74) is 0.651. The summed E-state index contributed by atoms with van der Waals surface area (Å²) in [5.74, 6) is 1.01. The zero-order chi connectivity index (χ0) is 10.9. The normalized spacial score (nSPS) is 25.6. The number of aliphatic hydroxyl groups excluding tert-OH is 1. The third-order valence-corrected chi connectivity index (χ3v) is 3.77. The van der Waals surface area contributed by atoms with E-state index in [1.54, 1.807) is 0 Å². The van der Waals surface area contributed by atoms with Crippen LogP contribution in [0.25, 0.3) is 0 Å². The van der Waals surface area contributed by atoms with Crippen molar-refractivity contribution in [2.75, 3.05) is 33.7 Å². The second-order valence-electron chi connectivity index (χ2n) is 5.68. The molecule has 88 valence electrons. The average molecular weight is 212 g/mol. The number of hydrogen-bond donors (Lipinski definition) is 2. The van der Waals surface area contributed by atoms with Gasteiger partial charge in [0.1, 0.15) is 0 Å². The molecule has 0 radical (unpaired) electrons. The van der Waals surface area contributed by atoms with Crippen LogP contribution in [-0.4, -0.2) is 49.8 Å². The van der Waals surface area contributed by atoms with Gasteiger partial charge in [0.2, 0.25) is 0 Å². The van der Waals surface area contributed by atoms with Crippen LogP contribution in [0.4, 0.5) is 0 Å². The molecule has 2 fully saturated rings. The Labute approximate surface area is 92.8 Å². The highest BCUT2D eigenvalue weighted by atomic mass is 16.3. The maximum Gasteiger partial charge on any atom is 0.0791 e. The first-order valence-electron chi connectivity index (χ1n) is 6.16. The third kappa shape index (κ3) is 3.16. The summed E-state index contributed by atoms with van der Waals surface area (Å²) in [6.07, 6.45) is 5.49. The summed E-state index contributed by atoms with van der Waals surface area (Å²) in [6.45, 7) is 2.62. The number of aliphatic hydroxyl groups is 1. The van der Waals surface area contributed by atoms with Gasteiger partial charge in [0, 0.05) is 19.6 Å². The highest BCUT2D eigenvalue weighted by Gasteiger charge is 2.53. The molecular formula is C12H24N2O. The molecule has 0 aromatic rings. The Kier molecular flexibility index (Phi) is 3.33. The summed E-state index contributed by atoms with van der Waals surface area (Å²) in [4.78, 5) is 2.03. The predicted molar refractivity (Wildman–Crippen MR) is 61.8 cm³/mol. The van der Waals surface area contributed by atoms with Gasteiger partial charge < -0.3 is 15.3 Å². The summed E-state index contributed by atoms with van der Waals surface area (Å²) in [7, 11) is 3.99. The van der Waals surface area contributed by atoms with Gasteiger partial charge in [-0.3, -0.25) is 0 Å². The van der Waals surface area contributed by atoms with Crippen LogP contribution in [-0.2, 0) is 0 Å². The zero-order valence-corrected chi connectivity index (χ0v) is 10.00. The first-order valence-corrected chi connectivity index (χ1v) is 6.16. The number of nitrogens with one attached hydrogen (secondary N) is 1.